The molecule has 0 saturated carbocycles. The number of nitrogens with zero attached hydrogens (tertiary/aromatic N) is 2. The third-order valence-electron chi connectivity index (χ3n) is 3.51. The second kappa shape index (κ2) is 6.72. The van der Waals surface area contributed by atoms with Crippen LogP contribution in [0.4, 0.5) is 0 Å². The highest BCUT2D eigenvalue weighted by atomic mass is 79.9. The first-order valence-corrected chi connectivity index (χ1v) is 8.47. The van der Waals surface area contributed by atoms with E-state index in [2.05, 4.69) is 15.9 Å². The molecule has 0 aliphatic carbocycles. The van der Waals surface area contributed by atoms with Crippen LogP contribution < -0.4 is 0 Å². The number of amides is 2. The summed E-state index contributed by atoms with van der Waals surface area (Å²) in [5.41, 5.74) is 1.09. The molecular formula is C14H19BrN2O2S. The summed E-state index contributed by atoms with van der Waals surface area (Å²) in [6.07, 6.45) is 1.38. The van der Waals surface area contributed by atoms with Crippen molar-refractivity contribution < 1.29 is 9.59 Å². The summed E-state index contributed by atoms with van der Waals surface area (Å²) in [4.78, 5) is 28.7. The molecule has 1 aromatic rings. The zero-order chi connectivity index (χ0) is 14.7. The number of carbonyl (C=O) groups is 2. The molecule has 0 bridgehead atoms. The van der Waals surface area contributed by atoms with Gasteiger partial charge in [0.15, 0.2) is 0 Å². The van der Waals surface area contributed by atoms with E-state index in [-0.39, 0.29) is 11.8 Å². The van der Waals surface area contributed by atoms with Crippen LogP contribution in [0.1, 0.15) is 35.0 Å². The molecule has 6 heteroatoms. The van der Waals surface area contributed by atoms with Crippen LogP contribution in [0, 0.1) is 6.92 Å². The van der Waals surface area contributed by atoms with Gasteiger partial charge in [-0.15, -0.1) is 11.3 Å². The molecule has 1 aliphatic rings. The summed E-state index contributed by atoms with van der Waals surface area (Å²) in [6, 6.07) is 1.93. The highest BCUT2D eigenvalue weighted by molar-refractivity contribution is 9.11. The van der Waals surface area contributed by atoms with Crippen molar-refractivity contribution in [3.63, 3.8) is 0 Å². The third kappa shape index (κ3) is 3.41. The first-order valence-electron chi connectivity index (χ1n) is 6.86. The van der Waals surface area contributed by atoms with Gasteiger partial charge in [-0.3, -0.25) is 9.59 Å². The van der Waals surface area contributed by atoms with E-state index in [0.29, 0.717) is 19.5 Å². The van der Waals surface area contributed by atoms with E-state index in [9.17, 15) is 9.59 Å². The van der Waals surface area contributed by atoms with Crippen LogP contribution in [0.5, 0.6) is 0 Å². The van der Waals surface area contributed by atoms with E-state index in [1.165, 1.54) is 11.3 Å². The maximum absolute atomic E-state index is 12.5. The fourth-order valence-corrected chi connectivity index (χ4v) is 3.82. The Labute approximate surface area is 131 Å². The molecule has 1 fully saturated rings. The molecular weight excluding hydrogens is 340 g/mol. The van der Waals surface area contributed by atoms with Crippen LogP contribution in [-0.4, -0.2) is 47.8 Å². The van der Waals surface area contributed by atoms with E-state index in [1.807, 2.05) is 29.7 Å². The Hall–Kier alpha value is -0.880. The number of thiophene rings is 1. The minimum atomic E-state index is 0.0783. The van der Waals surface area contributed by atoms with Crippen molar-refractivity contribution in [1.82, 2.24) is 9.80 Å². The zero-order valence-corrected chi connectivity index (χ0v) is 14.2. The van der Waals surface area contributed by atoms with Crippen molar-refractivity contribution in [1.29, 1.82) is 0 Å². The number of halogens is 1. The highest BCUT2D eigenvalue weighted by Gasteiger charge is 2.23. The second-order valence-corrected chi connectivity index (χ2v) is 7.32. The predicted octanol–water partition coefficient (Wildman–Crippen LogP) is 2.90. The Morgan fingerprint density at radius 3 is 2.50 bits per heavy atom. The van der Waals surface area contributed by atoms with E-state index < -0.39 is 0 Å². The van der Waals surface area contributed by atoms with Gasteiger partial charge in [0, 0.05) is 32.6 Å². The van der Waals surface area contributed by atoms with Crippen molar-refractivity contribution >= 4 is 39.1 Å². The van der Waals surface area contributed by atoms with Crippen molar-refractivity contribution in [2.45, 2.75) is 26.7 Å². The smallest absolute Gasteiger partial charge is 0.264 e. The molecule has 0 spiro atoms. The van der Waals surface area contributed by atoms with Gasteiger partial charge >= 0.3 is 0 Å². The van der Waals surface area contributed by atoms with Crippen molar-refractivity contribution in [2.75, 3.05) is 26.2 Å². The number of hydrogen-bond acceptors (Lipinski definition) is 3. The number of rotatable bonds is 2. The van der Waals surface area contributed by atoms with E-state index >= 15 is 0 Å². The lowest BCUT2D eigenvalue weighted by molar-refractivity contribution is -0.130. The summed E-state index contributed by atoms with van der Waals surface area (Å²) in [6.45, 7) is 6.61. The number of carbonyl (C=O) groups excluding carboxylic acids is 2. The molecule has 4 nitrogen and oxygen atoms in total. The maximum Gasteiger partial charge on any atom is 0.264 e. The lowest BCUT2D eigenvalue weighted by Crippen LogP contribution is -2.36. The van der Waals surface area contributed by atoms with Crippen LogP contribution in [0.15, 0.2) is 9.85 Å². The van der Waals surface area contributed by atoms with E-state index in [4.69, 9.17) is 0 Å². The molecule has 0 radical (unpaired) electrons. The average Bonchev–Trinajstić information content (AvgIpc) is 2.67. The van der Waals surface area contributed by atoms with Crippen molar-refractivity contribution in [2.24, 2.45) is 0 Å². The largest absolute Gasteiger partial charge is 0.341 e. The first kappa shape index (κ1) is 15.5. The van der Waals surface area contributed by atoms with Gasteiger partial charge in [0.25, 0.3) is 5.91 Å². The molecule has 1 aromatic heterocycles. The molecule has 0 unspecified atom stereocenters. The SMILES string of the molecule is CCC(=O)N1CCCN(C(=O)c2cc(C)c(Br)s2)CC1. The van der Waals surface area contributed by atoms with Gasteiger partial charge in [0.2, 0.25) is 5.91 Å². The molecule has 110 valence electrons. The van der Waals surface area contributed by atoms with Crippen LogP contribution in [0.25, 0.3) is 0 Å². The molecule has 1 aliphatic heterocycles. The minimum absolute atomic E-state index is 0.0783. The maximum atomic E-state index is 12.5. The van der Waals surface area contributed by atoms with Gasteiger partial charge in [0.1, 0.15) is 0 Å². The minimum Gasteiger partial charge on any atom is -0.341 e. The summed E-state index contributed by atoms with van der Waals surface area (Å²) in [7, 11) is 0. The second-order valence-electron chi connectivity index (χ2n) is 4.95. The van der Waals surface area contributed by atoms with Crippen LogP contribution in [-0.2, 0) is 4.79 Å². The Kier molecular flexibility index (Phi) is 5.21. The molecule has 20 heavy (non-hydrogen) atoms. The molecule has 1 saturated heterocycles. The van der Waals surface area contributed by atoms with Crippen molar-refractivity contribution in [3.8, 4) is 0 Å². The van der Waals surface area contributed by atoms with Gasteiger partial charge < -0.3 is 9.80 Å². The topological polar surface area (TPSA) is 40.6 Å². The Bertz CT molecular complexity index is 496. The Morgan fingerprint density at radius 1 is 1.25 bits per heavy atom. The monoisotopic (exact) mass is 358 g/mol. The molecule has 0 aromatic carbocycles. The molecule has 0 N–H and O–H groups in total. The summed E-state index contributed by atoms with van der Waals surface area (Å²) in [5.74, 6) is 0.253. The molecule has 2 rings (SSSR count). The third-order valence-corrected chi connectivity index (χ3v) is 5.63. The molecule has 2 heterocycles. The molecule has 0 atom stereocenters. The number of aryl methyl sites for hydroxylation is 1. The van der Waals surface area contributed by atoms with Crippen molar-refractivity contribution in [3.05, 3.63) is 20.3 Å². The first-order chi connectivity index (χ1) is 9.52. The average molecular weight is 359 g/mol. The van der Waals surface area contributed by atoms with Gasteiger partial charge in [-0.1, -0.05) is 6.92 Å². The highest BCUT2D eigenvalue weighted by Crippen LogP contribution is 2.28. The fraction of sp³-hybridized carbons (Fsp3) is 0.571. The quantitative estimate of drug-likeness (QED) is 0.815. The van der Waals surface area contributed by atoms with E-state index in [0.717, 1.165) is 33.7 Å². The number of hydrogen-bond donors (Lipinski definition) is 0. The standard InChI is InChI=1S/C14H19BrN2O2S/c1-3-12(18)16-5-4-6-17(8-7-16)14(19)11-9-10(2)13(15)20-11/h9H,3-8H2,1-2H3. The summed E-state index contributed by atoms with van der Waals surface area (Å²) < 4.78 is 1.01. The van der Waals surface area contributed by atoms with Gasteiger partial charge in [-0.05, 0) is 40.9 Å². The van der Waals surface area contributed by atoms with Gasteiger partial charge in [-0.25, -0.2) is 0 Å². The zero-order valence-electron chi connectivity index (χ0n) is 11.8. The van der Waals surface area contributed by atoms with E-state index in [1.54, 1.807) is 0 Å². The fourth-order valence-electron chi connectivity index (χ4n) is 2.31. The predicted molar refractivity (Wildman–Crippen MR) is 84.1 cm³/mol. The lowest BCUT2D eigenvalue weighted by atomic mass is 10.3. The van der Waals surface area contributed by atoms with Crippen LogP contribution in [0.2, 0.25) is 0 Å². The summed E-state index contributed by atoms with van der Waals surface area (Å²) >= 11 is 4.94. The normalized spacial score (nSPS) is 16.1. The Balaban J connectivity index is 2.03. The van der Waals surface area contributed by atoms with Gasteiger partial charge in [0.05, 0.1) is 8.66 Å². The van der Waals surface area contributed by atoms with Gasteiger partial charge in [-0.2, -0.15) is 0 Å². The van der Waals surface area contributed by atoms with Crippen LogP contribution >= 0.6 is 27.3 Å². The lowest BCUT2D eigenvalue weighted by Gasteiger charge is -2.21. The summed E-state index contributed by atoms with van der Waals surface area (Å²) in [5, 5.41) is 0. The Morgan fingerprint density at radius 2 is 1.90 bits per heavy atom. The van der Waals surface area contributed by atoms with Crippen LogP contribution in [0.3, 0.4) is 0 Å². The molecule has 2 amide bonds.